The predicted octanol–water partition coefficient (Wildman–Crippen LogP) is 3.60. The number of nitroso groups, excluding NO2 is 1. The van der Waals surface area contributed by atoms with E-state index in [4.69, 9.17) is 0 Å². The van der Waals surface area contributed by atoms with E-state index >= 15 is 0 Å². The number of benzene rings is 2. The number of anilines is 2. The average molecular weight is 224 g/mol. The van der Waals surface area contributed by atoms with Gasteiger partial charge in [-0.25, -0.2) is 0 Å². The molecule has 3 rings (SSSR count). The van der Waals surface area contributed by atoms with Crippen LogP contribution in [-0.2, 0) is 12.8 Å². The van der Waals surface area contributed by atoms with Crippen molar-refractivity contribution in [3.63, 3.8) is 0 Å². The van der Waals surface area contributed by atoms with Crippen LogP contribution in [0, 0.1) is 4.91 Å². The Hall–Kier alpha value is -2.16. The Morgan fingerprint density at radius 2 is 1.29 bits per heavy atom. The molecule has 0 radical (unpaired) electrons. The molecule has 17 heavy (non-hydrogen) atoms. The van der Waals surface area contributed by atoms with Crippen LogP contribution in [0.25, 0.3) is 0 Å². The van der Waals surface area contributed by atoms with Crippen molar-refractivity contribution in [2.75, 3.05) is 5.01 Å². The molecule has 1 heterocycles. The minimum absolute atomic E-state index is 0.896. The Balaban J connectivity index is 2.22. The van der Waals surface area contributed by atoms with Crippen molar-refractivity contribution >= 4 is 11.4 Å². The summed E-state index contributed by atoms with van der Waals surface area (Å²) in [6.45, 7) is 0. The molecular weight excluding hydrogens is 212 g/mol. The van der Waals surface area contributed by atoms with E-state index in [2.05, 4.69) is 17.4 Å². The molecule has 1 aliphatic heterocycles. The molecule has 2 aromatic rings. The second kappa shape index (κ2) is 4.01. The Morgan fingerprint density at radius 3 is 1.76 bits per heavy atom. The zero-order valence-corrected chi connectivity index (χ0v) is 9.34. The smallest absolute Gasteiger partial charge is 0.0717 e. The number of fused-ring (bicyclic) bond motifs is 2. The highest BCUT2D eigenvalue weighted by atomic mass is 16.3. The fourth-order valence-electron chi connectivity index (χ4n) is 2.34. The molecule has 0 amide bonds. The lowest BCUT2D eigenvalue weighted by molar-refractivity contribution is 0.977. The highest BCUT2D eigenvalue weighted by Gasteiger charge is 2.20. The van der Waals surface area contributed by atoms with E-state index in [1.807, 2.05) is 36.4 Å². The van der Waals surface area contributed by atoms with Gasteiger partial charge in [-0.05, 0) is 36.1 Å². The lowest BCUT2D eigenvalue weighted by atomic mass is 10.0. The molecule has 84 valence electrons. The highest BCUT2D eigenvalue weighted by Crippen LogP contribution is 2.35. The van der Waals surface area contributed by atoms with Crippen molar-refractivity contribution in [1.29, 1.82) is 0 Å². The Bertz CT molecular complexity index is 518. The van der Waals surface area contributed by atoms with E-state index in [-0.39, 0.29) is 0 Å². The van der Waals surface area contributed by atoms with E-state index in [1.165, 1.54) is 16.1 Å². The largest absolute Gasteiger partial charge is 0.197 e. The summed E-state index contributed by atoms with van der Waals surface area (Å²) >= 11 is 0. The SMILES string of the molecule is O=NN1c2ccccc2CCc2ccccc21. The third-order valence-corrected chi connectivity index (χ3v) is 3.18. The Morgan fingerprint density at radius 1 is 0.824 bits per heavy atom. The van der Waals surface area contributed by atoms with E-state index in [1.54, 1.807) is 0 Å². The van der Waals surface area contributed by atoms with Gasteiger partial charge in [0.2, 0.25) is 0 Å². The topological polar surface area (TPSA) is 32.7 Å². The van der Waals surface area contributed by atoms with Crippen LogP contribution < -0.4 is 5.01 Å². The maximum atomic E-state index is 11.1. The van der Waals surface area contributed by atoms with Crippen LogP contribution in [0.15, 0.2) is 53.8 Å². The summed E-state index contributed by atoms with van der Waals surface area (Å²) in [6.07, 6.45) is 1.89. The number of nitrogens with zero attached hydrogens (tertiary/aromatic N) is 2. The van der Waals surface area contributed by atoms with Gasteiger partial charge in [-0.15, -0.1) is 4.91 Å². The Labute approximate surface area is 99.6 Å². The van der Waals surface area contributed by atoms with E-state index in [0.29, 0.717) is 0 Å². The minimum atomic E-state index is 0.896. The summed E-state index contributed by atoms with van der Waals surface area (Å²) in [4.78, 5) is 11.1. The molecule has 3 nitrogen and oxygen atoms in total. The first-order valence-corrected chi connectivity index (χ1v) is 5.69. The van der Waals surface area contributed by atoms with E-state index in [0.717, 1.165) is 24.2 Å². The van der Waals surface area contributed by atoms with Crippen molar-refractivity contribution in [2.24, 2.45) is 5.29 Å². The molecule has 0 bridgehead atoms. The van der Waals surface area contributed by atoms with Crippen molar-refractivity contribution in [3.05, 3.63) is 64.6 Å². The molecule has 0 spiro atoms. The molecule has 3 heteroatoms. The number of aryl methyl sites for hydroxylation is 2. The van der Waals surface area contributed by atoms with Gasteiger partial charge in [-0.3, -0.25) is 0 Å². The van der Waals surface area contributed by atoms with Crippen LogP contribution in [-0.4, -0.2) is 0 Å². The number of hydrogen-bond acceptors (Lipinski definition) is 2. The first-order chi connectivity index (χ1) is 8.40. The summed E-state index contributed by atoms with van der Waals surface area (Å²) in [5.41, 5.74) is 4.13. The molecule has 1 aliphatic rings. The van der Waals surface area contributed by atoms with Gasteiger partial charge in [0, 0.05) is 0 Å². The standard InChI is InChI=1S/C14H12N2O/c17-15-16-13-7-3-1-5-11(13)9-10-12-6-2-4-8-14(12)16/h1-8H,9-10H2. The molecular formula is C14H12N2O. The lowest BCUT2D eigenvalue weighted by Crippen LogP contribution is -2.09. The van der Waals surface area contributed by atoms with E-state index < -0.39 is 0 Å². The molecule has 0 saturated carbocycles. The average Bonchev–Trinajstić information content (AvgIpc) is 2.55. The van der Waals surface area contributed by atoms with Gasteiger partial charge in [-0.2, -0.15) is 5.01 Å². The fraction of sp³-hybridized carbons (Fsp3) is 0.143. The number of hydrogen-bond donors (Lipinski definition) is 0. The summed E-state index contributed by atoms with van der Waals surface area (Å²) in [5.74, 6) is 0. The van der Waals surface area contributed by atoms with Gasteiger partial charge in [0.25, 0.3) is 0 Å². The normalized spacial score (nSPS) is 13.5. The first-order valence-electron chi connectivity index (χ1n) is 5.69. The van der Waals surface area contributed by atoms with Gasteiger partial charge < -0.3 is 0 Å². The number of para-hydroxylation sites is 2. The summed E-state index contributed by atoms with van der Waals surface area (Å²) in [5, 5.41) is 4.67. The lowest BCUT2D eigenvalue weighted by Gasteiger charge is -2.17. The number of rotatable bonds is 1. The van der Waals surface area contributed by atoms with Gasteiger partial charge in [-0.1, -0.05) is 36.4 Å². The van der Waals surface area contributed by atoms with E-state index in [9.17, 15) is 4.91 Å². The summed E-state index contributed by atoms with van der Waals surface area (Å²) < 4.78 is 0. The Kier molecular flexibility index (Phi) is 2.37. The molecule has 0 N–H and O–H groups in total. The molecule has 0 saturated heterocycles. The maximum absolute atomic E-state index is 11.1. The maximum Gasteiger partial charge on any atom is 0.0717 e. The second-order valence-electron chi connectivity index (χ2n) is 4.15. The second-order valence-corrected chi connectivity index (χ2v) is 4.15. The third-order valence-electron chi connectivity index (χ3n) is 3.18. The molecule has 2 aromatic carbocycles. The monoisotopic (exact) mass is 224 g/mol. The highest BCUT2D eigenvalue weighted by molar-refractivity contribution is 5.70. The zero-order chi connectivity index (χ0) is 11.7. The third kappa shape index (κ3) is 1.60. The van der Waals surface area contributed by atoms with Crippen LogP contribution in [0.5, 0.6) is 0 Å². The fourth-order valence-corrected chi connectivity index (χ4v) is 2.34. The van der Waals surface area contributed by atoms with Crippen LogP contribution in [0.1, 0.15) is 11.1 Å². The molecule has 0 unspecified atom stereocenters. The van der Waals surface area contributed by atoms with Crippen molar-refractivity contribution in [1.82, 2.24) is 0 Å². The quantitative estimate of drug-likeness (QED) is 0.693. The molecule has 0 fully saturated rings. The van der Waals surface area contributed by atoms with Crippen LogP contribution in [0.2, 0.25) is 0 Å². The molecule has 0 atom stereocenters. The van der Waals surface area contributed by atoms with Crippen molar-refractivity contribution in [2.45, 2.75) is 12.8 Å². The zero-order valence-electron chi connectivity index (χ0n) is 9.34. The van der Waals surface area contributed by atoms with Crippen molar-refractivity contribution in [3.8, 4) is 0 Å². The van der Waals surface area contributed by atoms with Crippen LogP contribution in [0.3, 0.4) is 0 Å². The van der Waals surface area contributed by atoms with Gasteiger partial charge >= 0.3 is 0 Å². The van der Waals surface area contributed by atoms with Gasteiger partial charge in [0.1, 0.15) is 0 Å². The summed E-state index contributed by atoms with van der Waals surface area (Å²) in [7, 11) is 0. The van der Waals surface area contributed by atoms with Gasteiger partial charge in [0.15, 0.2) is 0 Å². The summed E-state index contributed by atoms with van der Waals surface area (Å²) in [6, 6.07) is 15.9. The first kappa shape index (κ1) is 10.0. The molecule has 0 aromatic heterocycles. The van der Waals surface area contributed by atoms with Crippen molar-refractivity contribution < 1.29 is 0 Å². The van der Waals surface area contributed by atoms with Crippen LogP contribution >= 0.6 is 0 Å². The predicted molar refractivity (Wildman–Crippen MR) is 68.2 cm³/mol. The van der Waals surface area contributed by atoms with Gasteiger partial charge in [0.05, 0.1) is 16.7 Å². The molecule has 0 aliphatic carbocycles. The minimum Gasteiger partial charge on any atom is -0.197 e. The van der Waals surface area contributed by atoms with Crippen LogP contribution in [0.4, 0.5) is 11.4 Å².